The van der Waals surface area contributed by atoms with Gasteiger partial charge in [0.2, 0.25) is 0 Å². The van der Waals surface area contributed by atoms with Crippen LogP contribution in [0.1, 0.15) is 17.4 Å². The number of carbonyl (C=O) groups excluding carboxylic acids is 1. The first-order chi connectivity index (χ1) is 8.95. The van der Waals surface area contributed by atoms with E-state index in [2.05, 4.69) is 15.1 Å². The summed E-state index contributed by atoms with van der Waals surface area (Å²) in [5, 5.41) is 2.90. The molecular weight excluding hydrogens is 292 g/mol. The van der Waals surface area contributed by atoms with Gasteiger partial charge in [0.15, 0.2) is 15.7 Å². The minimum atomic E-state index is -3.57. The Hall–Kier alpha value is -1.80. The number of halogens is 1. The number of nitrogens with zero attached hydrogens (tertiary/aromatic N) is 4. The highest BCUT2D eigenvalue weighted by Gasteiger charge is 2.22. The van der Waals surface area contributed by atoms with Gasteiger partial charge in [-0.2, -0.15) is 5.10 Å². The maximum absolute atomic E-state index is 11.8. The fourth-order valence-corrected chi connectivity index (χ4v) is 2.66. The minimum Gasteiger partial charge on any atom is -0.274 e. The second-order valence-corrected chi connectivity index (χ2v) is 6.12. The van der Waals surface area contributed by atoms with Crippen LogP contribution < -0.4 is 0 Å². The summed E-state index contributed by atoms with van der Waals surface area (Å²) in [6.45, 7) is 1.48. The number of pyridine rings is 1. The third kappa shape index (κ3) is 2.64. The Labute approximate surface area is 114 Å². The van der Waals surface area contributed by atoms with Crippen LogP contribution in [0.5, 0.6) is 0 Å². The summed E-state index contributed by atoms with van der Waals surface area (Å²) in [6.07, 6.45) is 2.67. The maximum atomic E-state index is 11.8. The quantitative estimate of drug-likeness (QED) is 0.776. The van der Waals surface area contributed by atoms with E-state index < -0.39 is 15.1 Å². The van der Waals surface area contributed by atoms with Crippen LogP contribution in [-0.4, -0.2) is 39.2 Å². The van der Waals surface area contributed by atoms with Crippen LogP contribution in [0.15, 0.2) is 29.7 Å². The highest BCUT2D eigenvalue weighted by Crippen LogP contribution is 2.19. The molecule has 0 saturated heterocycles. The zero-order chi connectivity index (χ0) is 14.0. The lowest BCUT2D eigenvalue weighted by atomic mass is 10.3. The molecule has 0 bridgehead atoms. The molecule has 9 heteroatoms. The van der Waals surface area contributed by atoms with Gasteiger partial charge in [-0.15, -0.1) is 0 Å². The molecule has 2 heterocycles. The lowest BCUT2D eigenvalue weighted by Crippen LogP contribution is -2.12. The molecule has 0 amide bonds. The summed E-state index contributed by atoms with van der Waals surface area (Å²) in [4.78, 5) is 18.8. The van der Waals surface area contributed by atoms with Crippen LogP contribution in [0, 0.1) is 0 Å². The van der Waals surface area contributed by atoms with Crippen LogP contribution in [-0.2, 0) is 9.84 Å². The van der Waals surface area contributed by atoms with Gasteiger partial charge in [-0.05, 0) is 23.7 Å². The fraction of sp³-hybridized carbons (Fsp3) is 0.200. The van der Waals surface area contributed by atoms with E-state index in [0.717, 1.165) is 0 Å². The normalized spacial score (nSPS) is 11.5. The smallest absolute Gasteiger partial charge is 0.272 e. The van der Waals surface area contributed by atoms with Gasteiger partial charge in [0, 0.05) is 0 Å². The molecule has 2 aromatic rings. The Bertz CT molecular complexity index is 712. The summed E-state index contributed by atoms with van der Waals surface area (Å²) < 4.78 is 25.0. The number of rotatable bonds is 4. The monoisotopic (exact) mass is 300 g/mol. The van der Waals surface area contributed by atoms with E-state index in [0.29, 0.717) is 0 Å². The van der Waals surface area contributed by atoms with Crippen molar-refractivity contribution in [2.45, 2.75) is 11.8 Å². The van der Waals surface area contributed by atoms with Gasteiger partial charge in [0.25, 0.3) is 5.24 Å². The Morgan fingerprint density at radius 1 is 1.42 bits per heavy atom. The first kappa shape index (κ1) is 13.6. The molecule has 0 unspecified atom stereocenters. The standard InChI is InChI=1S/C10H9ClN4O3S/c1-2-19(17,18)7-3-4-8(14-9(7)10(11)16)15-6-12-5-13-15/h3-6H,2H2,1H3. The molecule has 0 N–H and O–H groups in total. The molecule has 7 nitrogen and oxygen atoms in total. The molecule has 0 saturated carbocycles. The van der Waals surface area contributed by atoms with Gasteiger partial charge in [-0.1, -0.05) is 6.92 Å². The molecule has 0 spiro atoms. The lowest BCUT2D eigenvalue weighted by molar-refractivity contribution is 0.107. The van der Waals surface area contributed by atoms with Gasteiger partial charge >= 0.3 is 0 Å². The van der Waals surface area contributed by atoms with Crippen LogP contribution in [0.3, 0.4) is 0 Å². The summed E-state index contributed by atoms with van der Waals surface area (Å²) >= 11 is 5.39. The van der Waals surface area contributed by atoms with E-state index in [1.54, 1.807) is 0 Å². The van der Waals surface area contributed by atoms with Gasteiger partial charge < -0.3 is 0 Å². The number of carbonyl (C=O) groups is 1. The van der Waals surface area contributed by atoms with Crippen LogP contribution in [0.2, 0.25) is 0 Å². The second-order valence-electron chi connectivity index (χ2n) is 3.53. The molecule has 0 aliphatic heterocycles. The first-order valence-electron chi connectivity index (χ1n) is 5.24. The van der Waals surface area contributed by atoms with E-state index in [9.17, 15) is 13.2 Å². The first-order valence-corrected chi connectivity index (χ1v) is 7.27. The molecule has 0 radical (unpaired) electrons. The number of hydrogen-bond donors (Lipinski definition) is 0. The SMILES string of the molecule is CCS(=O)(=O)c1ccc(-n2cncn2)nc1C(=O)Cl. The Morgan fingerprint density at radius 2 is 2.16 bits per heavy atom. The molecule has 100 valence electrons. The third-order valence-corrected chi connectivity index (χ3v) is 4.34. The lowest BCUT2D eigenvalue weighted by Gasteiger charge is -2.07. The number of hydrogen-bond acceptors (Lipinski definition) is 6. The molecule has 0 aliphatic rings. The molecular formula is C10H9ClN4O3S. The van der Waals surface area contributed by atoms with Crippen LogP contribution in [0.25, 0.3) is 5.82 Å². The van der Waals surface area contributed by atoms with E-state index in [4.69, 9.17) is 11.6 Å². The van der Waals surface area contributed by atoms with E-state index in [1.165, 1.54) is 36.4 Å². The van der Waals surface area contributed by atoms with Crippen molar-refractivity contribution in [2.75, 3.05) is 5.75 Å². The average Bonchev–Trinajstić information content (AvgIpc) is 2.91. The molecule has 2 aromatic heterocycles. The van der Waals surface area contributed by atoms with Crippen LogP contribution in [0.4, 0.5) is 0 Å². The van der Waals surface area contributed by atoms with E-state index in [1.807, 2.05) is 0 Å². The predicted molar refractivity (Wildman–Crippen MR) is 67.1 cm³/mol. The van der Waals surface area contributed by atoms with Crippen molar-refractivity contribution < 1.29 is 13.2 Å². The molecule has 0 fully saturated rings. The molecule has 0 atom stereocenters. The summed E-state index contributed by atoms with van der Waals surface area (Å²) in [6, 6.07) is 2.72. The van der Waals surface area contributed by atoms with Crippen molar-refractivity contribution in [3.8, 4) is 5.82 Å². The highest BCUT2D eigenvalue weighted by molar-refractivity contribution is 7.91. The average molecular weight is 301 g/mol. The van der Waals surface area contributed by atoms with Crippen molar-refractivity contribution in [1.29, 1.82) is 0 Å². The van der Waals surface area contributed by atoms with Gasteiger partial charge in [-0.3, -0.25) is 4.79 Å². The van der Waals surface area contributed by atoms with E-state index in [-0.39, 0.29) is 22.2 Å². The largest absolute Gasteiger partial charge is 0.274 e. The molecule has 0 aliphatic carbocycles. The van der Waals surface area contributed by atoms with Crippen molar-refractivity contribution in [1.82, 2.24) is 19.7 Å². The Morgan fingerprint density at radius 3 is 2.68 bits per heavy atom. The minimum absolute atomic E-state index is 0.144. The zero-order valence-corrected chi connectivity index (χ0v) is 11.4. The van der Waals surface area contributed by atoms with Crippen molar-refractivity contribution in [3.63, 3.8) is 0 Å². The summed E-state index contributed by atoms with van der Waals surface area (Å²) in [5.41, 5.74) is -0.309. The zero-order valence-electron chi connectivity index (χ0n) is 9.82. The topological polar surface area (TPSA) is 94.8 Å². The van der Waals surface area contributed by atoms with Gasteiger partial charge in [0.1, 0.15) is 18.3 Å². The molecule has 19 heavy (non-hydrogen) atoms. The number of aromatic nitrogens is 4. The highest BCUT2D eigenvalue weighted by atomic mass is 35.5. The third-order valence-electron chi connectivity index (χ3n) is 2.40. The van der Waals surface area contributed by atoms with Gasteiger partial charge in [-0.25, -0.2) is 23.1 Å². The number of sulfone groups is 1. The Balaban J connectivity index is 2.63. The fourth-order valence-electron chi connectivity index (χ4n) is 1.44. The maximum Gasteiger partial charge on any atom is 0.272 e. The van der Waals surface area contributed by atoms with Crippen molar-refractivity contribution in [2.24, 2.45) is 0 Å². The Kier molecular flexibility index (Phi) is 3.63. The summed E-state index contributed by atoms with van der Waals surface area (Å²) in [7, 11) is -3.57. The second kappa shape index (κ2) is 5.06. The molecule has 0 aromatic carbocycles. The van der Waals surface area contributed by atoms with Crippen molar-refractivity contribution in [3.05, 3.63) is 30.5 Å². The van der Waals surface area contributed by atoms with Crippen LogP contribution >= 0.6 is 11.6 Å². The van der Waals surface area contributed by atoms with Crippen molar-refractivity contribution >= 4 is 26.7 Å². The molecule has 2 rings (SSSR count). The van der Waals surface area contributed by atoms with Gasteiger partial charge in [0.05, 0.1) is 10.6 Å². The summed E-state index contributed by atoms with van der Waals surface area (Å²) in [5.74, 6) is 0.116. The van der Waals surface area contributed by atoms with E-state index >= 15 is 0 Å². The predicted octanol–water partition coefficient (Wildman–Crippen LogP) is 0.835.